The molecule has 2 aromatic rings. The molecule has 0 saturated carbocycles. The van der Waals surface area contributed by atoms with E-state index >= 15 is 0 Å². The number of hydrogen-bond donors (Lipinski definition) is 0. The van der Waals surface area contributed by atoms with Gasteiger partial charge in [0.05, 0.1) is 8.66 Å². The Morgan fingerprint density at radius 3 is 2.44 bits per heavy atom. The van der Waals surface area contributed by atoms with Gasteiger partial charge in [-0.25, -0.2) is 0 Å². The van der Waals surface area contributed by atoms with Gasteiger partial charge in [-0.1, -0.05) is 29.8 Å². The third-order valence-corrected chi connectivity index (χ3v) is 4.12. The summed E-state index contributed by atoms with van der Waals surface area (Å²) in [6.07, 6.45) is 0. The first-order valence-corrected chi connectivity index (χ1v) is 6.56. The lowest BCUT2D eigenvalue weighted by molar-refractivity contribution is 0.102. The maximum absolute atomic E-state index is 11.5. The maximum Gasteiger partial charge on any atom is 0.170 e. The molecule has 2 rings (SSSR count). The van der Waals surface area contributed by atoms with Crippen molar-refractivity contribution >= 4 is 33.0 Å². The molecule has 0 N–H and O–H groups in total. The van der Waals surface area contributed by atoms with Gasteiger partial charge < -0.3 is 0 Å². The molecule has 0 bridgehead atoms. The Hall–Kier alpha value is -0.930. The van der Waals surface area contributed by atoms with Crippen LogP contribution in [0.1, 0.15) is 22.2 Å². The monoisotopic (exact) mass is 294 g/mol. The van der Waals surface area contributed by atoms with Crippen LogP contribution >= 0.6 is 27.3 Å². The minimum atomic E-state index is 0.117. The number of Topliss-reactive ketones (excluding diaryl/α,β-unsaturated/α-hetero) is 1. The second kappa shape index (κ2) is 4.52. The van der Waals surface area contributed by atoms with Crippen molar-refractivity contribution in [2.75, 3.05) is 0 Å². The first kappa shape index (κ1) is 11.6. The highest BCUT2D eigenvalue weighted by molar-refractivity contribution is 9.11. The van der Waals surface area contributed by atoms with Crippen LogP contribution in [-0.4, -0.2) is 5.78 Å². The fourth-order valence-electron chi connectivity index (χ4n) is 1.57. The maximum atomic E-state index is 11.5. The van der Waals surface area contributed by atoms with E-state index in [0.717, 1.165) is 19.8 Å². The number of rotatable bonds is 2. The average molecular weight is 295 g/mol. The number of hydrogen-bond acceptors (Lipinski definition) is 2. The summed E-state index contributed by atoms with van der Waals surface area (Å²) in [6, 6.07) is 10.2. The topological polar surface area (TPSA) is 17.1 Å². The highest BCUT2D eigenvalue weighted by Crippen LogP contribution is 2.34. The van der Waals surface area contributed by atoms with Gasteiger partial charge in [-0.15, -0.1) is 11.3 Å². The van der Waals surface area contributed by atoms with Gasteiger partial charge in [-0.3, -0.25) is 4.79 Å². The molecule has 0 fully saturated rings. The van der Waals surface area contributed by atoms with Gasteiger partial charge in [0.2, 0.25) is 0 Å². The van der Waals surface area contributed by atoms with Crippen molar-refractivity contribution in [3.63, 3.8) is 0 Å². The normalized spacial score (nSPS) is 10.4. The summed E-state index contributed by atoms with van der Waals surface area (Å²) in [7, 11) is 0. The molecule has 0 amide bonds. The van der Waals surface area contributed by atoms with Crippen molar-refractivity contribution in [2.24, 2.45) is 0 Å². The van der Waals surface area contributed by atoms with Gasteiger partial charge in [-0.2, -0.15) is 0 Å². The predicted molar refractivity (Wildman–Crippen MR) is 72.2 cm³/mol. The van der Waals surface area contributed by atoms with E-state index in [9.17, 15) is 4.79 Å². The molecule has 1 heterocycles. The number of benzene rings is 1. The molecule has 82 valence electrons. The minimum absolute atomic E-state index is 0.117. The van der Waals surface area contributed by atoms with Crippen LogP contribution in [-0.2, 0) is 0 Å². The van der Waals surface area contributed by atoms with E-state index in [1.54, 1.807) is 6.92 Å². The zero-order valence-corrected chi connectivity index (χ0v) is 11.5. The number of halogens is 1. The molecule has 0 radical (unpaired) electrons. The molecule has 16 heavy (non-hydrogen) atoms. The first-order valence-electron chi connectivity index (χ1n) is 4.95. The Morgan fingerprint density at radius 2 is 1.88 bits per heavy atom. The molecular formula is C13H11BrOS. The molecule has 0 atom stereocenters. The first-order chi connectivity index (χ1) is 7.58. The number of carbonyl (C=O) groups is 1. The van der Waals surface area contributed by atoms with Gasteiger partial charge in [0.1, 0.15) is 0 Å². The highest BCUT2D eigenvalue weighted by Gasteiger charge is 2.13. The van der Waals surface area contributed by atoms with E-state index in [2.05, 4.69) is 47.1 Å². The van der Waals surface area contributed by atoms with Crippen LogP contribution in [0.4, 0.5) is 0 Å². The highest BCUT2D eigenvalue weighted by atomic mass is 79.9. The van der Waals surface area contributed by atoms with E-state index in [0.29, 0.717) is 0 Å². The van der Waals surface area contributed by atoms with Crippen LogP contribution in [0, 0.1) is 6.92 Å². The molecule has 1 aromatic heterocycles. The third kappa shape index (κ3) is 2.25. The van der Waals surface area contributed by atoms with Crippen molar-refractivity contribution in [1.82, 2.24) is 0 Å². The summed E-state index contributed by atoms with van der Waals surface area (Å²) >= 11 is 4.92. The Balaban J connectivity index is 2.55. The molecule has 3 heteroatoms. The molecule has 0 aliphatic rings. The molecule has 0 spiro atoms. The van der Waals surface area contributed by atoms with E-state index in [4.69, 9.17) is 0 Å². The van der Waals surface area contributed by atoms with Gasteiger partial charge in [0, 0.05) is 5.56 Å². The van der Waals surface area contributed by atoms with Gasteiger partial charge in [-0.05, 0) is 41.4 Å². The summed E-state index contributed by atoms with van der Waals surface area (Å²) in [5.74, 6) is 0.117. The van der Waals surface area contributed by atoms with Crippen molar-refractivity contribution in [1.29, 1.82) is 0 Å². The lowest BCUT2D eigenvalue weighted by Crippen LogP contribution is -1.90. The molecule has 0 aliphatic heterocycles. The summed E-state index contributed by atoms with van der Waals surface area (Å²) in [5, 5.41) is 0. The second-order valence-electron chi connectivity index (χ2n) is 3.72. The van der Waals surface area contributed by atoms with Crippen LogP contribution in [0.5, 0.6) is 0 Å². The summed E-state index contributed by atoms with van der Waals surface area (Å²) in [4.78, 5) is 12.3. The van der Waals surface area contributed by atoms with Gasteiger partial charge in [0.25, 0.3) is 0 Å². The zero-order valence-electron chi connectivity index (χ0n) is 9.08. The van der Waals surface area contributed by atoms with E-state index in [-0.39, 0.29) is 5.78 Å². The molecule has 0 aliphatic carbocycles. The number of aryl methyl sites for hydroxylation is 1. The average Bonchev–Trinajstić information content (AvgIpc) is 2.61. The summed E-state index contributed by atoms with van der Waals surface area (Å²) < 4.78 is 0.994. The molecule has 1 nitrogen and oxygen atoms in total. The SMILES string of the molecule is CC(=O)c1sc(Br)cc1-c1ccc(C)cc1. The fraction of sp³-hybridized carbons (Fsp3) is 0.154. The Morgan fingerprint density at radius 1 is 1.25 bits per heavy atom. The predicted octanol–water partition coefficient (Wildman–Crippen LogP) is 4.69. The molecular weight excluding hydrogens is 284 g/mol. The van der Waals surface area contributed by atoms with Crippen molar-refractivity contribution in [3.05, 3.63) is 44.6 Å². The fourth-order valence-corrected chi connectivity index (χ4v) is 3.09. The lowest BCUT2D eigenvalue weighted by Gasteiger charge is -2.01. The lowest BCUT2D eigenvalue weighted by atomic mass is 10.0. The van der Waals surface area contributed by atoms with Crippen LogP contribution in [0.2, 0.25) is 0 Å². The number of carbonyl (C=O) groups excluding carboxylic acids is 1. The minimum Gasteiger partial charge on any atom is -0.294 e. The quantitative estimate of drug-likeness (QED) is 0.735. The van der Waals surface area contributed by atoms with Crippen LogP contribution < -0.4 is 0 Å². The number of ketones is 1. The van der Waals surface area contributed by atoms with Gasteiger partial charge >= 0.3 is 0 Å². The van der Waals surface area contributed by atoms with Crippen LogP contribution in [0.15, 0.2) is 34.1 Å². The summed E-state index contributed by atoms with van der Waals surface area (Å²) in [5.41, 5.74) is 3.34. The Kier molecular flexibility index (Phi) is 3.26. The number of thiophene rings is 1. The van der Waals surface area contributed by atoms with Crippen molar-refractivity contribution in [2.45, 2.75) is 13.8 Å². The van der Waals surface area contributed by atoms with Crippen molar-refractivity contribution < 1.29 is 4.79 Å². The standard InChI is InChI=1S/C13H11BrOS/c1-8-3-5-10(6-4-8)11-7-12(14)16-13(11)9(2)15/h3-7H,1-2H3. The molecule has 0 saturated heterocycles. The van der Waals surface area contributed by atoms with Crippen LogP contribution in [0.25, 0.3) is 11.1 Å². The van der Waals surface area contributed by atoms with E-state index in [1.165, 1.54) is 16.9 Å². The summed E-state index contributed by atoms with van der Waals surface area (Å²) in [6.45, 7) is 3.66. The van der Waals surface area contributed by atoms with E-state index in [1.807, 2.05) is 6.07 Å². The van der Waals surface area contributed by atoms with Gasteiger partial charge in [0.15, 0.2) is 5.78 Å². The zero-order chi connectivity index (χ0) is 11.7. The van der Waals surface area contributed by atoms with E-state index < -0.39 is 0 Å². The third-order valence-electron chi connectivity index (χ3n) is 2.38. The second-order valence-corrected chi connectivity index (χ2v) is 6.15. The van der Waals surface area contributed by atoms with Crippen LogP contribution in [0.3, 0.4) is 0 Å². The Labute approximate surface area is 107 Å². The van der Waals surface area contributed by atoms with Crippen molar-refractivity contribution in [3.8, 4) is 11.1 Å². The Bertz CT molecular complexity index is 525. The smallest absolute Gasteiger partial charge is 0.170 e. The molecule has 1 aromatic carbocycles. The largest absolute Gasteiger partial charge is 0.294 e. The molecule has 0 unspecified atom stereocenters.